The third kappa shape index (κ3) is 28.2. The number of aliphatic hydroxyl groups is 5. The van der Waals surface area contributed by atoms with Crippen molar-refractivity contribution in [1.29, 1.82) is 10.5 Å². The normalized spacial score (nSPS) is 11.9. The van der Waals surface area contributed by atoms with Crippen LogP contribution in [-0.2, 0) is 53.1 Å². The monoisotopic (exact) mass is 1750 g/mol. The van der Waals surface area contributed by atoms with E-state index in [0.717, 1.165) is 45.5 Å². The number of amides is 2. The lowest BCUT2D eigenvalue weighted by atomic mass is 10.0. The first-order valence-corrected chi connectivity index (χ1v) is 40.2. The van der Waals surface area contributed by atoms with Gasteiger partial charge in [0.1, 0.15) is 36.0 Å². The number of benzene rings is 7. The van der Waals surface area contributed by atoms with Gasteiger partial charge in [0, 0.05) is 111 Å². The van der Waals surface area contributed by atoms with Crippen molar-refractivity contribution in [3.63, 3.8) is 0 Å². The maximum Gasteiger partial charge on any atom is 0.374 e. The van der Waals surface area contributed by atoms with E-state index in [1.807, 2.05) is 107 Å². The van der Waals surface area contributed by atoms with Crippen LogP contribution < -0.4 is 35.3 Å². The summed E-state index contributed by atoms with van der Waals surface area (Å²) in [6, 6.07) is 39.3. The quantitative estimate of drug-likeness (QED) is 0.00267. The van der Waals surface area contributed by atoms with Gasteiger partial charge < -0.3 is 88.8 Å². The molecule has 36 heteroatoms. The summed E-state index contributed by atoms with van der Waals surface area (Å²) in [6.07, 6.45) is 7.77. The van der Waals surface area contributed by atoms with Gasteiger partial charge in [-0.25, -0.2) is 52.1 Å². The maximum absolute atomic E-state index is 13.6. The van der Waals surface area contributed by atoms with Crippen LogP contribution in [0, 0.1) is 58.3 Å². The first-order chi connectivity index (χ1) is 60.4. The number of fused-ring (bicyclic) bond motifs is 1. The van der Waals surface area contributed by atoms with E-state index in [9.17, 15) is 76.6 Å². The number of nitriles is 2. The second-order valence-electron chi connectivity index (χ2n) is 29.0. The number of ether oxygens (including phenoxy) is 7. The van der Waals surface area contributed by atoms with E-state index in [1.54, 1.807) is 78.1 Å². The third-order valence-electron chi connectivity index (χ3n) is 18.5. The summed E-state index contributed by atoms with van der Waals surface area (Å²) < 4.78 is 107. The van der Waals surface area contributed by atoms with Crippen molar-refractivity contribution >= 4 is 49.8 Å². The summed E-state index contributed by atoms with van der Waals surface area (Å²) in [5, 5.41) is 71.3. The van der Waals surface area contributed by atoms with Gasteiger partial charge in [-0.05, 0) is 165 Å². The fourth-order valence-electron chi connectivity index (χ4n) is 12.6. The number of nitrogens with one attached hydrogen (secondary N) is 2. The molecule has 0 fully saturated rings. The van der Waals surface area contributed by atoms with Gasteiger partial charge in [-0.1, -0.05) is 72.8 Å². The van der Waals surface area contributed by atoms with E-state index in [1.165, 1.54) is 18.2 Å². The van der Waals surface area contributed by atoms with Gasteiger partial charge in [-0.15, -0.1) is 0 Å². The zero-order chi connectivity index (χ0) is 91.8. The van der Waals surface area contributed by atoms with Crippen LogP contribution in [-0.4, -0.2) is 188 Å². The number of carbonyl (C=O) groups is 6. The molecule has 3 atom stereocenters. The lowest BCUT2D eigenvalue weighted by Gasteiger charge is -2.19. The summed E-state index contributed by atoms with van der Waals surface area (Å²) in [4.78, 5) is 90.2. The molecule has 3 aromatic heterocycles. The van der Waals surface area contributed by atoms with E-state index in [0.29, 0.717) is 103 Å². The van der Waals surface area contributed by atoms with Crippen LogP contribution in [0.15, 0.2) is 146 Å². The number of nitrogens with two attached hydrogens (primary N) is 1. The molecular formula is C91H97BF5N12O18. The number of carbonyl (C=O) groups excluding carboxylic acids is 6. The topological polar surface area (TPSA) is 424 Å². The molecule has 10 aromatic rings. The Morgan fingerprint density at radius 3 is 1.31 bits per heavy atom. The zero-order valence-electron chi connectivity index (χ0n) is 71.0. The second-order valence-corrected chi connectivity index (χ2v) is 29.0. The lowest BCUT2D eigenvalue weighted by molar-refractivity contribution is 0.0410. The summed E-state index contributed by atoms with van der Waals surface area (Å²) in [6.45, 7) is 22.9. The number of imidazole rings is 3. The number of hydrogen-bond donors (Lipinski definition) is 8. The Balaban J connectivity index is 0.000000236. The Morgan fingerprint density at radius 2 is 0.921 bits per heavy atom. The number of aromatic nitrogens is 6. The van der Waals surface area contributed by atoms with Gasteiger partial charge in [-0.2, -0.15) is 19.3 Å². The van der Waals surface area contributed by atoms with Gasteiger partial charge in [0.05, 0.1) is 86.1 Å². The van der Waals surface area contributed by atoms with Crippen molar-refractivity contribution in [2.75, 3.05) is 52.9 Å². The molecule has 3 radical (unpaired) electrons. The molecular weight excluding hydrogens is 1650 g/mol. The maximum atomic E-state index is 13.6. The average Bonchev–Trinajstić information content (AvgIpc) is 1.76. The van der Waals surface area contributed by atoms with Crippen molar-refractivity contribution < 1.29 is 109 Å². The van der Waals surface area contributed by atoms with Crippen LogP contribution in [0.25, 0.3) is 38.6 Å². The highest BCUT2D eigenvalue weighted by Gasteiger charge is 2.31. The molecule has 11 rings (SSSR count). The molecule has 4 heterocycles. The highest BCUT2D eigenvalue weighted by Crippen LogP contribution is 2.34. The van der Waals surface area contributed by atoms with Crippen LogP contribution in [0.5, 0.6) is 23.0 Å². The van der Waals surface area contributed by atoms with Crippen LogP contribution in [0.4, 0.5) is 27.6 Å². The largest absolute Gasteiger partial charge is 0.502 e. The van der Waals surface area contributed by atoms with Gasteiger partial charge in [0.2, 0.25) is 58.0 Å². The van der Waals surface area contributed by atoms with Gasteiger partial charge >= 0.3 is 23.9 Å². The fraction of sp³-hybridized carbons (Fsp3) is 0.341. The number of cyclic esters (lactones) is 1. The van der Waals surface area contributed by atoms with Crippen LogP contribution in [0.2, 0.25) is 0 Å². The molecule has 7 aromatic carbocycles. The number of hydrogen-bond acceptors (Lipinski definition) is 24. The summed E-state index contributed by atoms with van der Waals surface area (Å²) in [7, 11) is 0. The first kappa shape index (κ1) is 100. The predicted molar refractivity (Wildman–Crippen MR) is 455 cm³/mol. The number of halogens is 5. The first-order valence-electron chi connectivity index (χ1n) is 40.2. The molecule has 1 aliphatic heterocycles. The van der Waals surface area contributed by atoms with E-state index >= 15 is 0 Å². The van der Waals surface area contributed by atoms with Crippen molar-refractivity contribution in [2.45, 2.75) is 150 Å². The molecule has 2 amide bonds. The minimum atomic E-state index is -2.37. The summed E-state index contributed by atoms with van der Waals surface area (Å²) >= 11 is 0. The number of aliphatic hydroxyl groups excluding tert-OH is 5. The molecule has 127 heavy (non-hydrogen) atoms. The molecule has 9 N–H and O–H groups in total. The molecule has 0 aliphatic carbocycles. The molecule has 0 bridgehead atoms. The lowest BCUT2D eigenvalue weighted by Crippen LogP contribution is -2.37. The summed E-state index contributed by atoms with van der Waals surface area (Å²) in [5.74, 6) is -15.1. The van der Waals surface area contributed by atoms with Crippen molar-refractivity contribution in [2.24, 2.45) is 5.73 Å². The minimum absolute atomic E-state index is 0. The number of nitrogens with zero attached hydrogens (tertiary/aromatic N) is 9. The SMILES string of the molecule is CC(C)Oc1ccc(C(=O)N[C@H](CCO)Cc2ccc(-c3cn4c(n3)C(=O)OCC4)cc2)cc1C#N.CCOC(=O)c1nc(-c2ccc(C[C@@H](CCO)NC(=O)c3ccc(OC(C)C)c(C#N)c3)cc2)cn1CCO.CCOC(=O)c1nc(-c2ccc(C[C@H](N)CCO)cc2)cn1CCO.[B].[C-]#[N+]c1cc(C(=O)Oc2c(F)c(F)c(F)c(F)c2F)ccc1OC(C)C. The van der Waals surface area contributed by atoms with E-state index in [-0.39, 0.29) is 150 Å². The Morgan fingerprint density at radius 1 is 0.528 bits per heavy atom. The van der Waals surface area contributed by atoms with E-state index in [2.05, 4.69) is 47.3 Å². The van der Waals surface area contributed by atoms with Crippen molar-refractivity contribution in [1.82, 2.24) is 39.3 Å². The number of esters is 4. The summed E-state index contributed by atoms with van der Waals surface area (Å²) in [5.41, 5.74) is 14.1. The van der Waals surface area contributed by atoms with Crippen molar-refractivity contribution in [3.8, 4) is 68.9 Å². The van der Waals surface area contributed by atoms with Gasteiger partial charge in [0.25, 0.3) is 11.8 Å². The standard InChI is InChI=1S/C29H34N4O6.C27H28N4O5.C18H25N3O4.C17H10F5NO3.B/c1-4-38-29(37)27-32-25(18-33(27)12-14-35)21-7-5-20(6-8-21)15-24(11-13-34)31-28(36)22-9-10-26(39-19(2)3)23(16-22)17-30;1-17(2)36-24-8-7-20(14-21(24)15-28)26(33)29-22(9-11-32)13-18-3-5-19(6-4-18)23-16-31-10-12-35-27(34)25(31)30-23;1-2-25-18(24)17-20-16(12-21(17)8-10-23)14-5-3-13(4-6-14)11-15(19)7-9-22;1-7(2)25-10-5-4-8(6-9(10)23-3)17(24)26-16-14(21)12(19)11(18)13(20)15(16)22;/h5-10,16,18-19,24,34-35H,4,11-15H2,1-3H3,(H,31,36);3-8,14,16-17,22,32H,9-13H2,1-2H3,(H,29,33);3-6,12,15,22-23H,2,7-11,19H2,1H3;4-7H,1-2H3;/t24-;22-;15-;;/m111../s1. The Hall–Kier alpha value is -13.7. The van der Waals surface area contributed by atoms with Crippen LogP contribution in [0.1, 0.15) is 165 Å². The van der Waals surface area contributed by atoms with Gasteiger partial charge in [0.15, 0.2) is 0 Å². The zero-order valence-corrected chi connectivity index (χ0v) is 71.0. The molecule has 0 saturated heterocycles. The van der Waals surface area contributed by atoms with Gasteiger partial charge in [-0.3, -0.25) is 9.59 Å². The van der Waals surface area contributed by atoms with E-state index < -0.39 is 58.7 Å². The highest BCUT2D eigenvalue weighted by molar-refractivity contribution is 5.96. The number of rotatable bonds is 35. The Kier molecular flexibility index (Phi) is 38.9. The van der Waals surface area contributed by atoms with Crippen LogP contribution >= 0.6 is 0 Å². The molecule has 0 saturated carbocycles. The molecule has 30 nitrogen and oxygen atoms in total. The van der Waals surface area contributed by atoms with Crippen LogP contribution in [0.3, 0.4) is 0 Å². The predicted octanol–water partition coefficient (Wildman–Crippen LogP) is 11.7. The van der Waals surface area contributed by atoms with E-state index in [4.69, 9.17) is 50.9 Å². The smallest absolute Gasteiger partial charge is 0.374 e. The van der Waals surface area contributed by atoms with Crippen molar-refractivity contribution in [3.05, 3.63) is 248 Å². The second kappa shape index (κ2) is 49.1. The molecule has 667 valence electrons. The third-order valence-corrected chi connectivity index (χ3v) is 18.5. The Labute approximate surface area is 731 Å². The molecule has 0 unspecified atom stereocenters. The highest BCUT2D eigenvalue weighted by atomic mass is 19.2. The average molecular weight is 1750 g/mol. The minimum Gasteiger partial charge on any atom is -0.502 e. The fourth-order valence-corrected chi connectivity index (χ4v) is 12.6. The molecule has 0 spiro atoms. The molecule has 1 aliphatic rings. The Bertz CT molecular complexity index is 5530.